The summed E-state index contributed by atoms with van der Waals surface area (Å²) in [6.07, 6.45) is 5.36. The zero-order chi connectivity index (χ0) is 9.68. The molecule has 2 heteroatoms. The molecule has 0 radical (unpaired) electrons. The highest BCUT2D eigenvalue weighted by Crippen LogP contribution is 2.24. The Labute approximate surface area is 96.3 Å². The second-order valence-corrected chi connectivity index (χ2v) is 4.64. The molecule has 0 atom stereocenters. The van der Waals surface area contributed by atoms with Crippen molar-refractivity contribution in [2.75, 3.05) is 0 Å². The van der Waals surface area contributed by atoms with Crippen LogP contribution in [0.4, 0.5) is 0 Å². The van der Waals surface area contributed by atoms with Gasteiger partial charge in [0.2, 0.25) is 0 Å². The number of halogens is 2. The smallest absolute Gasteiger partial charge is 0.0320 e. The van der Waals surface area contributed by atoms with E-state index in [9.17, 15) is 0 Å². The van der Waals surface area contributed by atoms with Crippen molar-refractivity contribution in [1.82, 2.24) is 0 Å². The molecule has 0 heterocycles. The van der Waals surface area contributed by atoms with Gasteiger partial charge in [0.25, 0.3) is 0 Å². The molecule has 0 nitrogen and oxygen atoms in total. The number of aryl methyl sites for hydroxylation is 1. The maximum atomic E-state index is 3.71. The number of unbranched alkanes of at least 4 members (excludes halogenated alkanes) is 1. The molecule has 0 bridgehead atoms. The highest BCUT2D eigenvalue weighted by Gasteiger charge is 1.97. The van der Waals surface area contributed by atoms with Gasteiger partial charge in [-0.3, -0.25) is 0 Å². The van der Waals surface area contributed by atoms with Gasteiger partial charge in [0.15, 0.2) is 0 Å². The van der Waals surface area contributed by atoms with Gasteiger partial charge in [-0.2, -0.15) is 0 Å². The van der Waals surface area contributed by atoms with E-state index < -0.39 is 0 Å². The Balaban J connectivity index is 2.57. The van der Waals surface area contributed by atoms with E-state index in [1.165, 1.54) is 12.0 Å². The number of hydrogen-bond donors (Lipinski definition) is 0. The largest absolute Gasteiger partial charge is 0.103 e. The van der Waals surface area contributed by atoms with Gasteiger partial charge in [-0.1, -0.05) is 12.1 Å². The van der Waals surface area contributed by atoms with Crippen LogP contribution in [-0.2, 0) is 6.42 Å². The average molecular weight is 304 g/mol. The van der Waals surface area contributed by atoms with Crippen LogP contribution >= 0.6 is 31.9 Å². The van der Waals surface area contributed by atoms with Crippen molar-refractivity contribution in [3.05, 3.63) is 45.4 Å². The summed E-state index contributed by atoms with van der Waals surface area (Å²) in [7, 11) is 0. The van der Waals surface area contributed by atoms with E-state index in [1.807, 2.05) is 6.08 Å². The Bertz CT molecular complexity index is 292. The highest BCUT2D eigenvalue weighted by molar-refractivity contribution is 9.13. The minimum atomic E-state index is 1.09. The van der Waals surface area contributed by atoms with Crippen LogP contribution in [0.1, 0.15) is 18.4 Å². The van der Waals surface area contributed by atoms with Crippen LogP contribution in [0.3, 0.4) is 0 Å². The molecule has 0 aliphatic rings. The predicted molar refractivity (Wildman–Crippen MR) is 65.0 cm³/mol. The SMILES string of the molecule is C=CCCCc1ccc(Br)c(Br)c1. The van der Waals surface area contributed by atoms with Gasteiger partial charge in [-0.05, 0) is 68.8 Å². The molecular formula is C11H12Br2. The summed E-state index contributed by atoms with van der Waals surface area (Å²) in [6.45, 7) is 3.71. The van der Waals surface area contributed by atoms with Crippen molar-refractivity contribution in [1.29, 1.82) is 0 Å². The van der Waals surface area contributed by atoms with Crippen LogP contribution in [0, 0.1) is 0 Å². The van der Waals surface area contributed by atoms with E-state index >= 15 is 0 Å². The first-order chi connectivity index (χ1) is 6.24. The first-order valence-corrected chi connectivity index (χ1v) is 5.87. The summed E-state index contributed by atoms with van der Waals surface area (Å²) in [5.74, 6) is 0. The van der Waals surface area contributed by atoms with E-state index in [4.69, 9.17) is 0 Å². The van der Waals surface area contributed by atoms with Crippen LogP contribution in [0.25, 0.3) is 0 Å². The van der Waals surface area contributed by atoms with Gasteiger partial charge in [-0.15, -0.1) is 6.58 Å². The topological polar surface area (TPSA) is 0 Å². The molecule has 1 rings (SSSR count). The lowest BCUT2D eigenvalue weighted by molar-refractivity contribution is 0.843. The summed E-state index contributed by atoms with van der Waals surface area (Å²) >= 11 is 6.94. The molecule has 1 aromatic rings. The molecule has 0 N–H and O–H groups in total. The summed E-state index contributed by atoms with van der Waals surface area (Å²) in [5.41, 5.74) is 1.37. The second kappa shape index (κ2) is 5.61. The van der Waals surface area contributed by atoms with E-state index in [2.05, 4.69) is 56.6 Å². The molecular weight excluding hydrogens is 292 g/mol. The Morgan fingerprint density at radius 1 is 1.23 bits per heavy atom. The lowest BCUT2D eigenvalue weighted by Gasteiger charge is -2.01. The second-order valence-electron chi connectivity index (χ2n) is 2.93. The minimum Gasteiger partial charge on any atom is -0.103 e. The van der Waals surface area contributed by atoms with Crippen LogP contribution in [0.5, 0.6) is 0 Å². The third-order valence-corrected chi connectivity index (χ3v) is 3.74. The first kappa shape index (κ1) is 11.0. The summed E-state index contributed by atoms with van der Waals surface area (Å²) in [6, 6.07) is 6.39. The van der Waals surface area contributed by atoms with Crippen molar-refractivity contribution in [3.8, 4) is 0 Å². The van der Waals surface area contributed by atoms with Gasteiger partial charge < -0.3 is 0 Å². The lowest BCUT2D eigenvalue weighted by atomic mass is 10.1. The quantitative estimate of drug-likeness (QED) is 0.558. The van der Waals surface area contributed by atoms with E-state index in [0.29, 0.717) is 0 Å². The summed E-state index contributed by atoms with van der Waals surface area (Å²) in [5, 5.41) is 0. The normalized spacial score (nSPS) is 10.0. The zero-order valence-electron chi connectivity index (χ0n) is 7.39. The van der Waals surface area contributed by atoms with Crippen LogP contribution in [-0.4, -0.2) is 0 Å². The van der Waals surface area contributed by atoms with Crippen molar-refractivity contribution in [2.45, 2.75) is 19.3 Å². The number of hydrogen-bond acceptors (Lipinski definition) is 0. The maximum absolute atomic E-state index is 3.71. The van der Waals surface area contributed by atoms with Gasteiger partial charge in [0, 0.05) is 8.95 Å². The standard InChI is InChI=1S/C11H12Br2/c1-2-3-4-5-9-6-7-10(12)11(13)8-9/h2,6-8H,1,3-5H2. The molecule has 70 valence electrons. The molecule has 0 saturated heterocycles. The van der Waals surface area contributed by atoms with Crippen LogP contribution < -0.4 is 0 Å². The molecule has 13 heavy (non-hydrogen) atoms. The van der Waals surface area contributed by atoms with Crippen molar-refractivity contribution < 1.29 is 0 Å². The first-order valence-electron chi connectivity index (χ1n) is 4.29. The average Bonchev–Trinajstić information content (AvgIpc) is 2.12. The molecule has 0 aliphatic heterocycles. The number of allylic oxidation sites excluding steroid dienone is 1. The van der Waals surface area contributed by atoms with Crippen molar-refractivity contribution in [2.24, 2.45) is 0 Å². The van der Waals surface area contributed by atoms with Crippen molar-refractivity contribution >= 4 is 31.9 Å². The highest BCUT2D eigenvalue weighted by atomic mass is 79.9. The number of benzene rings is 1. The Kier molecular flexibility index (Phi) is 4.74. The van der Waals surface area contributed by atoms with Gasteiger partial charge in [0.05, 0.1) is 0 Å². The van der Waals surface area contributed by atoms with Crippen LogP contribution in [0.15, 0.2) is 39.8 Å². The molecule has 0 spiro atoms. The van der Waals surface area contributed by atoms with Crippen LogP contribution in [0.2, 0.25) is 0 Å². The minimum absolute atomic E-state index is 1.09. The zero-order valence-corrected chi connectivity index (χ0v) is 10.6. The Morgan fingerprint density at radius 2 is 2.00 bits per heavy atom. The molecule has 0 unspecified atom stereocenters. The van der Waals surface area contributed by atoms with Gasteiger partial charge in [-0.25, -0.2) is 0 Å². The third kappa shape index (κ3) is 3.65. The fraction of sp³-hybridized carbons (Fsp3) is 0.273. The maximum Gasteiger partial charge on any atom is 0.0320 e. The monoisotopic (exact) mass is 302 g/mol. The molecule has 1 aromatic carbocycles. The molecule has 0 fully saturated rings. The molecule has 0 saturated carbocycles. The van der Waals surface area contributed by atoms with E-state index in [-0.39, 0.29) is 0 Å². The fourth-order valence-electron chi connectivity index (χ4n) is 1.15. The summed E-state index contributed by atoms with van der Waals surface area (Å²) in [4.78, 5) is 0. The predicted octanol–water partition coefficient (Wildman–Crippen LogP) is 4.72. The van der Waals surface area contributed by atoms with E-state index in [1.54, 1.807) is 0 Å². The molecule has 0 aromatic heterocycles. The number of rotatable bonds is 4. The molecule has 0 amide bonds. The fourth-order valence-corrected chi connectivity index (χ4v) is 1.82. The Hall–Kier alpha value is -0.0800. The van der Waals surface area contributed by atoms with Gasteiger partial charge >= 0.3 is 0 Å². The van der Waals surface area contributed by atoms with E-state index in [0.717, 1.165) is 21.8 Å². The third-order valence-electron chi connectivity index (χ3n) is 1.86. The van der Waals surface area contributed by atoms with Gasteiger partial charge in [0.1, 0.15) is 0 Å². The molecule has 0 aliphatic carbocycles. The summed E-state index contributed by atoms with van der Waals surface area (Å²) < 4.78 is 2.24. The van der Waals surface area contributed by atoms with Crippen molar-refractivity contribution in [3.63, 3.8) is 0 Å². The Morgan fingerprint density at radius 3 is 2.62 bits per heavy atom. The lowest BCUT2D eigenvalue weighted by Crippen LogP contribution is -1.84.